The summed E-state index contributed by atoms with van der Waals surface area (Å²) in [7, 11) is 0. The summed E-state index contributed by atoms with van der Waals surface area (Å²) in [6.07, 6.45) is 8.02. The van der Waals surface area contributed by atoms with Gasteiger partial charge in [0.25, 0.3) is 0 Å². The molecule has 0 radical (unpaired) electrons. The molecule has 0 bridgehead atoms. The lowest BCUT2D eigenvalue weighted by Gasteiger charge is -2.59. The molecule has 0 aromatic rings. The molecule has 0 heterocycles. The van der Waals surface area contributed by atoms with Crippen molar-refractivity contribution >= 4 is 11.8 Å². The Balaban J connectivity index is 1.91. The number of carboxylic acid groups (broad SMARTS) is 1. The topological polar surface area (TPSA) is 74.6 Å². The van der Waals surface area contributed by atoms with E-state index < -0.39 is 5.97 Å². The predicted octanol–water partition coefficient (Wildman–Crippen LogP) is 4.44. The first-order valence-corrected chi connectivity index (χ1v) is 10.7. The maximum absolute atomic E-state index is 12.5. The van der Waals surface area contributed by atoms with Gasteiger partial charge in [-0.25, -0.2) is 0 Å². The molecule has 0 aliphatic heterocycles. The average Bonchev–Trinajstić information content (AvgIpc) is 2.88. The summed E-state index contributed by atoms with van der Waals surface area (Å²) in [6, 6.07) is 0. The Bertz CT molecular complexity index is 558. The minimum absolute atomic E-state index is 0.136. The molecular formula is C22H36O4. The zero-order valence-corrected chi connectivity index (χ0v) is 16.7. The lowest BCUT2D eigenvalue weighted by molar-refractivity contribution is -0.157. The van der Waals surface area contributed by atoms with Gasteiger partial charge in [-0.2, -0.15) is 0 Å². The highest BCUT2D eigenvalue weighted by molar-refractivity contribution is 5.87. The lowest BCUT2D eigenvalue weighted by atomic mass is 9.46. The summed E-state index contributed by atoms with van der Waals surface area (Å²) in [6.45, 7) is 6.56. The number of carboxylic acids is 1. The number of ketones is 1. The number of hydrogen-bond acceptors (Lipinski definition) is 3. The molecule has 148 valence electrons. The number of carbonyl (C=O) groups is 2. The Hall–Kier alpha value is -0.900. The number of fused-ring (bicyclic) bond motifs is 3. The molecule has 26 heavy (non-hydrogen) atoms. The van der Waals surface area contributed by atoms with Crippen molar-refractivity contribution in [3.8, 4) is 0 Å². The maximum atomic E-state index is 12.5. The van der Waals surface area contributed by atoms with Crippen LogP contribution < -0.4 is 0 Å². The van der Waals surface area contributed by atoms with Crippen molar-refractivity contribution in [3.05, 3.63) is 0 Å². The van der Waals surface area contributed by atoms with E-state index in [4.69, 9.17) is 0 Å². The van der Waals surface area contributed by atoms with E-state index in [0.29, 0.717) is 36.4 Å². The number of carbonyl (C=O) groups excluding carboxylic acids is 1. The van der Waals surface area contributed by atoms with Crippen LogP contribution >= 0.6 is 0 Å². The first-order valence-electron chi connectivity index (χ1n) is 10.7. The van der Waals surface area contributed by atoms with Crippen LogP contribution in [-0.2, 0) is 9.59 Å². The number of aliphatic carboxylic acids is 1. The number of Topliss-reactive ketones (excluding diaryl/α,β-unsaturated/α-hetero) is 1. The standard InChI is InChI=1S/C22H36O4/c1-4-5-6-17-18(23)13-14-15-7-8-19(24)22(15,3)11-9-16(14)21(17,2)12-10-20(25)26/h14-18,23H,4-13H2,1-3H3,(H,25,26)/t14-,15-,16-,17+,18?,21+,22-/m0/s1. The molecule has 3 fully saturated rings. The fourth-order valence-electron chi connectivity index (χ4n) is 7.06. The number of aliphatic hydroxyl groups is 1. The van der Waals surface area contributed by atoms with Crippen LogP contribution in [0.2, 0.25) is 0 Å². The van der Waals surface area contributed by atoms with Gasteiger partial charge in [-0.1, -0.05) is 33.6 Å². The van der Waals surface area contributed by atoms with Gasteiger partial charge >= 0.3 is 5.97 Å². The molecule has 0 aromatic carbocycles. The fraction of sp³-hybridized carbons (Fsp3) is 0.909. The average molecular weight is 365 g/mol. The van der Waals surface area contributed by atoms with Crippen LogP contribution in [0.3, 0.4) is 0 Å². The van der Waals surface area contributed by atoms with E-state index in [0.717, 1.165) is 44.9 Å². The largest absolute Gasteiger partial charge is 0.481 e. The van der Waals surface area contributed by atoms with E-state index in [1.54, 1.807) is 0 Å². The summed E-state index contributed by atoms with van der Waals surface area (Å²) in [5, 5.41) is 20.4. The van der Waals surface area contributed by atoms with E-state index >= 15 is 0 Å². The molecule has 2 N–H and O–H groups in total. The second kappa shape index (κ2) is 7.26. The van der Waals surface area contributed by atoms with Crippen LogP contribution in [0.4, 0.5) is 0 Å². The first-order chi connectivity index (χ1) is 12.2. The van der Waals surface area contributed by atoms with Crippen LogP contribution in [0.25, 0.3) is 0 Å². The van der Waals surface area contributed by atoms with E-state index in [1.807, 2.05) is 0 Å². The van der Waals surface area contributed by atoms with Crippen molar-refractivity contribution in [2.24, 2.45) is 34.5 Å². The predicted molar refractivity (Wildman–Crippen MR) is 101 cm³/mol. The molecule has 4 heteroatoms. The summed E-state index contributed by atoms with van der Waals surface area (Å²) in [5.74, 6) is 1.04. The lowest BCUT2D eigenvalue weighted by Crippen LogP contribution is -2.56. The molecule has 0 saturated heterocycles. The van der Waals surface area contributed by atoms with Crippen molar-refractivity contribution < 1.29 is 19.8 Å². The maximum Gasteiger partial charge on any atom is 0.303 e. The Morgan fingerprint density at radius 2 is 1.96 bits per heavy atom. The number of unbranched alkanes of at least 4 members (excludes halogenated alkanes) is 1. The summed E-state index contributed by atoms with van der Waals surface area (Å²) in [4.78, 5) is 23.8. The zero-order chi connectivity index (χ0) is 19.1. The normalized spacial score (nSPS) is 45.2. The Labute approximate surface area is 157 Å². The molecular weight excluding hydrogens is 328 g/mol. The third-order valence-electron chi connectivity index (χ3n) is 8.56. The molecule has 3 saturated carbocycles. The molecule has 1 unspecified atom stereocenters. The molecule has 7 atom stereocenters. The first kappa shape index (κ1) is 19.9. The van der Waals surface area contributed by atoms with Crippen molar-refractivity contribution in [2.75, 3.05) is 0 Å². The van der Waals surface area contributed by atoms with Gasteiger partial charge in [0.2, 0.25) is 0 Å². The van der Waals surface area contributed by atoms with Gasteiger partial charge in [0.1, 0.15) is 5.78 Å². The zero-order valence-electron chi connectivity index (χ0n) is 16.7. The Morgan fingerprint density at radius 1 is 1.23 bits per heavy atom. The third-order valence-corrected chi connectivity index (χ3v) is 8.56. The second-order valence-corrected chi connectivity index (χ2v) is 9.75. The summed E-state index contributed by atoms with van der Waals surface area (Å²) < 4.78 is 0. The van der Waals surface area contributed by atoms with E-state index in [2.05, 4.69) is 20.8 Å². The van der Waals surface area contributed by atoms with Gasteiger partial charge in [-0.05, 0) is 67.6 Å². The quantitative estimate of drug-likeness (QED) is 0.730. The molecule has 0 aromatic heterocycles. The van der Waals surface area contributed by atoms with Gasteiger partial charge < -0.3 is 10.2 Å². The van der Waals surface area contributed by atoms with E-state index in [1.165, 1.54) is 0 Å². The molecule has 0 spiro atoms. The Morgan fingerprint density at radius 3 is 2.62 bits per heavy atom. The number of aliphatic hydroxyl groups excluding tert-OH is 1. The van der Waals surface area contributed by atoms with Gasteiger partial charge in [0.05, 0.1) is 6.10 Å². The van der Waals surface area contributed by atoms with Gasteiger partial charge in [-0.3, -0.25) is 9.59 Å². The molecule has 3 aliphatic carbocycles. The Kier molecular flexibility index (Phi) is 5.54. The highest BCUT2D eigenvalue weighted by Gasteiger charge is 2.60. The number of hydrogen-bond donors (Lipinski definition) is 2. The van der Waals surface area contributed by atoms with Crippen LogP contribution in [0.15, 0.2) is 0 Å². The van der Waals surface area contributed by atoms with Crippen molar-refractivity contribution in [1.29, 1.82) is 0 Å². The van der Waals surface area contributed by atoms with E-state index in [9.17, 15) is 19.8 Å². The highest BCUT2D eigenvalue weighted by atomic mass is 16.4. The minimum Gasteiger partial charge on any atom is -0.481 e. The number of rotatable bonds is 6. The van der Waals surface area contributed by atoms with Crippen molar-refractivity contribution in [1.82, 2.24) is 0 Å². The molecule has 0 amide bonds. The smallest absolute Gasteiger partial charge is 0.303 e. The van der Waals surface area contributed by atoms with Crippen LogP contribution in [0.5, 0.6) is 0 Å². The summed E-state index contributed by atoms with van der Waals surface area (Å²) >= 11 is 0. The molecule has 3 aliphatic rings. The van der Waals surface area contributed by atoms with Crippen LogP contribution in [-0.4, -0.2) is 28.1 Å². The fourth-order valence-corrected chi connectivity index (χ4v) is 7.06. The second-order valence-electron chi connectivity index (χ2n) is 9.75. The molecule has 3 rings (SSSR count). The van der Waals surface area contributed by atoms with Crippen molar-refractivity contribution in [2.45, 2.75) is 91.1 Å². The summed E-state index contributed by atoms with van der Waals surface area (Å²) in [5.41, 5.74) is -0.340. The van der Waals surface area contributed by atoms with Gasteiger partial charge in [-0.15, -0.1) is 0 Å². The monoisotopic (exact) mass is 364 g/mol. The highest BCUT2D eigenvalue weighted by Crippen LogP contribution is 2.64. The molecule has 4 nitrogen and oxygen atoms in total. The SMILES string of the molecule is CCCC[C@@H]1C(O)C[C@@H]2[C@H](CC[C@]3(C)C(=O)CC[C@@H]23)[C@@]1(C)CCC(=O)O. The van der Waals surface area contributed by atoms with Crippen LogP contribution in [0, 0.1) is 34.5 Å². The van der Waals surface area contributed by atoms with E-state index in [-0.39, 0.29) is 29.3 Å². The minimum atomic E-state index is -0.742. The van der Waals surface area contributed by atoms with Gasteiger partial charge in [0.15, 0.2) is 0 Å². The third kappa shape index (κ3) is 3.12. The van der Waals surface area contributed by atoms with Crippen LogP contribution in [0.1, 0.15) is 85.0 Å². The van der Waals surface area contributed by atoms with Gasteiger partial charge in [0, 0.05) is 18.3 Å². The van der Waals surface area contributed by atoms with Crippen molar-refractivity contribution in [3.63, 3.8) is 0 Å².